The third-order valence-corrected chi connectivity index (χ3v) is 10.4. The number of rotatable bonds is 45. The first kappa shape index (κ1) is 63.8. The van der Waals surface area contributed by atoms with Gasteiger partial charge in [0.1, 0.15) is 13.2 Å². The van der Waals surface area contributed by atoms with Crippen molar-refractivity contribution in [3.05, 3.63) is 170 Å². The number of hydrogen-bond acceptors (Lipinski definition) is 6. The first-order valence-electron chi connectivity index (χ1n) is 26.7. The summed E-state index contributed by atoms with van der Waals surface area (Å²) >= 11 is 0. The van der Waals surface area contributed by atoms with Crippen molar-refractivity contribution in [2.75, 3.05) is 13.2 Å². The monoisotopic (exact) mass is 947 g/mol. The summed E-state index contributed by atoms with van der Waals surface area (Å²) in [5.74, 6) is -1.10. The highest BCUT2D eigenvalue weighted by Gasteiger charge is 2.19. The van der Waals surface area contributed by atoms with E-state index in [-0.39, 0.29) is 50.4 Å². The lowest BCUT2D eigenvalue weighted by atomic mass is 10.1. The number of hydrogen-bond donors (Lipinski definition) is 0. The lowest BCUT2D eigenvalue weighted by molar-refractivity contribution is -0.166. The molecule has 0 saturated heterocycles. The molecular weight excluding hydrogens is 853 g/mol. The van der Waals surface area contributed by atoms with E-state index in [0.29, 0.717) is 19.3 Å². The molecule has 0 radical (unpaired) electrons. The van der Waals surface area contributed by atoms with Crippen LogP contribution < -0.4 is 0 Å². The van der Waals surface area contributed by atoms with Crippen LogP contribution in [0.4, 0.5) is 0 Å². The van der Waals surface area contributed by atoms with Crippen LogP contribution in [-0.2, 0) is 28.6 Å². The molecule has 0 aliphatic carbocycles. The fourth-order valence-corrected chi connectivity index (χ4v) is 6.44. The van der Waals surface area contributed by atoms with E-state index in [4.69, 9.17) is 14.2 Å². The predicted octanol–water partition coefficient (Wildman–Crippen LogP) is 18.0. The Morgan fingerprint density at radius 1 is 0.319 bits per heavy atom. The Morgan fingerprint density at radius 2 is 0.667 bits per heavy atom. The number of esters is 3. The van der Waals surface area contributed by atoms with Crippen LogP contribution in [0.25, 0.3) is 0 Å². The van der Waals surface area contributed by atoms with Gasteiger partial charge in [-0.05, 0) is 103 Å². The molecule has 6 nitrogen and oxygen atoms in total. The quantitative estimate of drug-likeness (QED) is 0.0199. The molecule has 0 aromatic rings. The van der Waals surface area contributed by atoms with Crippen LogP contribution in [0.5, 0.6) is 0 Å². The van der Waals surface area contributed by atoms with Gasteiger partial charge in [0.15, 0.2) is 6.10 Å². The summed E-state index contributed by atoms with van der Waals surface area (Å²) in [4.78, 5) is 38.0. The largest absolute Gasteiger partial charge is 0.462 e. The van der Waals surface area contributed by atoms with Gasteiger partial charge in [-0.3, -0.25) is 14.4 Å². The Labute approximate surface area is 422 Å². The molecular formula is C63H94O6. The smallest absolute Gasteiger partial charge is 0.306 e. The number of carbonyl (C=O) groups is 3. The molecule has 0 rings (SSSR count). The van der Waals surface area contributed by atoms with Crippen LogP contribution >= 0.6 is 0 Å². The van der Waals surface area contributed by atoms with Crippen molar-refractivity contribution in [1.29, 1.82) is 0 Å². The molecule has 6 heteroatoms. The van der Waals surface area contributed by atoms with Gasteiger partial charge in [0.25, 0.3) is 0 Å². The third kappa shape index (κ3) is 53.6. The van der Waals surface area contributed by atoms with Crippen LogP contribution in [0.2, 0.25) is 0 Å². The molecule has 0 heterocycles. The summed E-state index contributed by atoms with van der Waals surface area (Å²) in [5, 5.41) is 0. The molecule has 0 fully saturated rings. The molecule has 0 aromatic heterocycles. The fourth-order valence-electron chi connectivity index (χ4n) is 6.44. The zero-order chi connectivity index (χ0) is 50.0. The van der Waals surface area contributed by atoms with Crippen molar-refractivity contribution < 1.29 is 28.6 Å². The van der Waals surface area contributed by atoms with Gasteiger partial charge in [0.05, 0.1) is 0 Å². The Bertz CT molecular complexity index is 1650. The highest BCUT2D eigenvalue weighted by Crippen LogP contribution is 2.11. The molecule has 0 spiro atoms. The number of unbranched alkanes of at least 4 members (excludes halogenated alkanes) is 12. The van der Waals surface area contributed by atoms with Crippen molar-refractivity contribution in [1.82, 2.24) is 0 Å². The molecule has 0 saturated carbocycles. The van der Waals surface area contributed by atoms with Gasteiger partial charge in [-0.25, -0.2) is 0 Å². The van der Waals surface area contributed by atoms with Gasteiger partial charge in [-0.2, -0.15) is 0 Å². The number of allylic oxidation sites excluding steroid dienone is 28. The minimum Gasteiger partial charge on any atom is -0.462 e. The van der Waals surface area contributed by atoms with E-state index in [1.54, 1.807) is 0 Å². The van der Waals surface area contributed by atoms with Crippen molar-refractivity contribution in [2.45, 2.75) is 194 Å². The van der Waals surface area contributed by atoms with Gasteiger partial charge >= 0.3 is 17.9 Å². The number of ether oxygens (including phenoxy) is 3. The van der Waals surface area contributed by atoms with E-state index in [9.17, 15) is 14.4 Å². The Balaban J connectivity index is 4.65. The van der Waals surface area contributed by atoms with Gasteiger partial charge in [0.2, 0.25) is 0 Å². The minimum absolute atomic E-state index is 0.142. The summed E-state index contributed by atoms with van der Waals surface area (Å²) in [5.41, 5.74) is 0. The van der Waals surface area contributed by atoms with Crippen LogP contribution in [0.1, 0.15) is 188 Å². The standard InChI is InChI=1S/C63H94O6/c1-4-7-10-13-16-19-22-25-27-29-31-33-35-38-41-44-47-50-53-56-62(65)68-59-60(58-67-61(64)55-52-49-46-43-40-37-24-21-18-15-12-9-6-3)69-63(66)57-54-51-48-45-42-39-36-34-32-30-28-26-23-20-17-14-11-8-5-2/h7-8,10-11,13,16-17,19-20,22,25-29,31-35,37-42,46,49,60H,4-6,9,12,14-15,18,21,23-24,30,36,43-45,47-48,50-59H2,1-3H3/b10-7+,11-8+,16-13+,20-17+,22-19+,27-25+,28-26+,31-29+,34-32+,35-33+,40-37+,41-38+,42-39+,49-46+. The third-order valence-electron chi connectivity index (χ3n) is 10.4. The zero-order valence-electron chi connectivity index (χ0n) is 43.5. The van der Waals surface area contributed by atoms with Crippen molar-refractivity contribution >= 4 is 17.9 Å². The van der Waals surface area contributed by atoms with Crippen molar-refractivity contribution in [3.63, 3.8) is 0 Å². The summed E-state index contributed by atoms with van der Waals surface area (Å²) in [6.07, 6.45) is 82.0. The maximum absolute atomic E-state index is 12.8. The molecule has 0 aliphatic rings. The van der Waals surface area contributed by atoms with E-state index in [0.717, 1.165) is 89.9 Å². The molecule has 1 unspecified atom stereocenters. The van der Waals surface area contributed by atoms with Crippen LogP contribution in [-0.4, -0.2) is 37.2 Å². The SMILES string of the molecule is CC/C=C/C=C/C=C/C=C/C=C/C=C/C=C/CCCCCC(=O)OCC(COC(=O)CC/C=C/C/C=C/CCCCCCCC)OC(=O)CCCCC/C=C/C/C=C/C/C=C/C/C=C/C/C=C/CC. The van der Waals surface area contributed by atoms with Gasteiger partial charge < -0.3 is 14.2 Å². The molecule has 0 aromatic carbocycles. The summed E-state index contributed by atoms with van der Waals surface area (Å²) in [6.45, 7) is 6.22. The minimum atomic E-state index is -0.847. The van der Waals surface area contributed by atoms with E-state index < -0.39 is 6.10 Å². The summed E-state index contributed by atoms with van der Waals surface area (Å²) in [7, 11) is 0. The van der Waals surface area contributed by atoms with Crippen molar-refractivity contribution in [2.24, 2.45) is 0 Å². The average Bonchev–Trinajstić information content (AvgIpc) is 3.35. The van der Waals surface area contributed by atoms with Crippen LogP contribution in [0.3, 0.4) is 0 Å². The number of carbonyl (C=O) groups excluding carboxylic acids is 3. The Kier molecular flexibility index (Phi) is 51.2. The summed E-state index contributed by atoms with van der Waals surface area (Å²) in [6, 6.07) is 0. The topological polar surface area (TPSA) is 78.9 Å². The average molecular weight is 947 g/mol. The van der Waals surface area contributed by atoms with E-state index in [2.05, 4.69) is 112 Å². The van der Waals surface area contributed by atoms with Crippen molar-refractivity contribution in [3.8, 4) is 0 Å². The van der Waals surface area contributed by atoms with Gasteiger partial charge in [-0.1, -0.05) is 236 Å². The fraction of sp³-hybridized carbons (Fsp3) is 0.508. The summed E-state index contributed by atoms with van der Waals surface area (Å²) < 4.78 is 16.7. The molecule has 69 heavy (non-hydrogen) atoms. The first-order chi connectivity index (χ1) is 34.0. The second-order valence-corrected chi connectivity index (χ2v) is 16.8. The molecule has 0 bridgehead atoms. The molecule has 0 N–H and O–H groups in total. The van der Waals surface area contributed by atoms with Crippen LogP contribution in [0, 0.1) is 0 Å². The second kappa shape index (κ2) is 55.4. The molecule has 0 amide bonds. The highest BCUT2D eigenvalue weighted by atomic mass is 16.6. The molecule has 1 atom stereocenters. The zero-order valence-corrected chi connectivity index (χ0v) is 43.5. The highest BCUT2D eigenvalue weighted by molar-refractivity contribution is 5.71. The Morgan fingerprint density at radius 3 is 1.14 bits per heavy atom. The predicted molar refractivity (Wildman–Crippen MR) is 297 cm³/mol. The van der Waals surface area contributed by atoms with E-state index in [1.165, 1.54) is 38.5 Å². The first-order valence-corrected chi connectivity index (χ1v) is 26.7. The maximum atomic E-state index is 12.8. The lowest BCUT2D eigenvalue weighted by Gasteiger charge is -2.18. The Hall–Kier alpha value is -5.23. The second-order valence-electron chi connectivity index (χ2n) is 16.8. The van der Waals surface area contributed by atoms with E-state index in [1.807, 2.05) is 79.0 Å². The normalized spacial score (nSPS) is 13.5. The van der Waals surface area contributed by atoms with E-state index >= 15 is 0 Å². The van der Waals surface area contributed by atoms with Gasteiger partial charge in [-0.15, -0.1) is 0 Å². The van der Waals surface area contributed by atoms with Gasteiger partial charge in [0, 0.05) is 19.3 Å². The molecule has 0 aliphatic heterocycles. The maximum Gasteiger partial charge on any atom is 0.306 e. The lowest BCUT2D eigenvalue weighted by Crippen LogP contribution is -2.30. The van der Waals surface area contributed by atoms with Crippen LogP contribution in [0.15, 0.2) is 170 Å². The molecule has 382 valence electrons.